The third-order valence-electron chi connectivity index (χ3n) is 2.82. The van der Waals surface area contributed by atoms with E-state index in [2.05, 4.69) is 20.6 Å². The number of para-hydroxylation sites is 2. The second kappa shape index (κ2) is 6.04. The van der Waals surface area contributed by atoms with Gasteiger partial charge in [0.2, 0.25) is 11.8 Å². The number of hydrogen-bond acceptors (Lipinski definition) is 7. The van der Waals surface area contributed by atoms with Crippen LogP contribution in [-0.4, -0.2) is 29.0 Å². The maximum absolute atomic E-state index is 11.2. The molecule has 0 bridgehead atoms. The summed E-state index contributed by atoms with van der Waals surface area (Å²) in [5.74, 6) is 0.978. The van der Waals surface area contributed by atoms with Crippen molar-refractivity contribution in [3.8, 4) is 5.75 Å². The van der Waals surface area contributed by atoms with Crippen LogP contribution in [-0.2, 0) is 0 Å². The van der Waals surface area contributed by atoms with Gasteiger partial charge in [-0.1, -0.05) is 12.1 Å². The normalized spacial score (nSPS) is 10.0. The number of rotatable bonds is 5. The number of nitrogens with one attached hydrogen (secondary N) is 2. The molecule has 0 saturated heterocycles. The predicted octanol–water partition coefficient (Wildman–Crippen LogP) is 2.49. The van der Waals surface area contributed by atoms with Crippen LogP contribution in [0.1, 0.15) is 5.69 Å². The van der Waals surface area contributed by atoms with Crippen LogP contribution in [0.2, 0.25) is 0 Å². The molecule has 8 nitrogen and oxygen atoms in total. The Morgan fingerprint density at radius 3 is 2.62 bits per heavy atom. The molecule has 2 N–H and O–H groups in total. The molecule has 0 unspecified atom stereocenters. The number of nitro groups is 1. The van der Waals surface area contributed by atoms with E-state index in [0.29, 0.717) is 17.4 Å². The molecule has 0 amide bonds. The SMILES string of the molecule is CNc1nc(C)c([N+](=O)[O-])c(Nc2ccccc2OC)n1. The highest BCUT2D eigenvalue weighted by Crippen LogP contribution is 2.32. The van der Waals surface area contributed by atoms with Crippen LogP contribution in [0, 0.1) is 17.0 Å². The number of aryl methyl sites for hydroxylation is 1. The Labute approximate surface area is 121 Å². The average molecular weight is 289 g/mol. The quantitative estimate of drug-likeness (QED) is 0.643. The molecule has 2 rings (SSSR count). The van der Waals surface area contributed by atoms with E-state index in [4.69, 9.17) is 4.74 Å². The number of nitrogens with zero attached hydrogens (tertiary/aromatic N) is 3. The van der Waals surface area contributed by atoms with Crippen molar-refractivity contribution in [1.82, 2.24) is 9.97 Å². The van der Waals surface area contributed by atoms with Crippen molar-refractivity contribution < 1.29 is 9.66 Å². The summed E-state index contributed by atoms with van der Waals surface area (Å²) in [5.41, 5.74) is 0.694. The molecule has 0 atom stereocenters. The van der Waals surface area contributed by atoms with Crippen molar-refractivity contribution >= 4 is 23.1 Å². The average Bonchev–Trinajstić information content (AvgIpc) is 2.46. The number of aromatic nitrogens is 2. The summed E-state index contributed by atoms with van der Waals surface area (Å²) in [4.78, 5) is 18.8. The van der Waals surface area contributed by atoms with E-state index in [1.54, 1.807) is 32.2 Å². The Kier molecular flexibility index (Phi) is 4.17. The van der Waals surface area contributed by atoms with Crippen LogP contribution in [0.15, 0.2) is 24.3 Å². The number of methoxy groups -OCH3 is 1. The summed E-state index contributed by atoms with van der Waals surface area (Å²) >= 11 is 0. The topological polar surface area (TPSA) is 102 Å². The third kappa shape index (κ3) is 2.99. The molecule has 21 heavy (non-hydrogen) atoms. The molecule has 0 aliphatic carbocycles. The molecule has 0 aliphatic rings. The highest BCUT2D eigenvalue weighted by Gasteiger charge is 2.22. The highest BCUT2D eigenvalue weighted by atomic mass is 16.6. The standard InChI is InChI=1S/C13H15N5O3/c1-8-11(18(19)20)12(17-13(14-2)15-8)16-9-6-4-5-7-10(9)21-3/h4-7H,1-3H3,(H2,14,15,16,17). The number of ether oxygens (including phenoxy) is 1. The van der Waals surface area contributed by atoms with E-state index in [-0.39, 0.29) is 17.2 Å². The van der Waals surface area contributed by atoms with Crippen LogP contribution in [0.4, 0.5) is 23.1 Å². The number of benzene rings is 1. The van der Waals surface area contributed by atoms with Crippen molar-refractivity contribution in [3.63, 3.8) is 0 Å². The Hall–Kier alpha value is -2.90. The number of hydrogen-bond donors (Lipinski definition) is 2. The van der Waals surface area contributed by atoms with Gasteiger partial charge in [-0.3, -0.25) is 10.1 Å². The van der Waals surface area contributed by atoms with Gasteiger partial charge in [-0.2, -0.15) is 4.98 Å². The molecule has 0 radical (unpaired) electrons. The minimum atomic E-state index is -0.507. The Bertz CT molecular complexity index is 675. The zero-order valence-electron chi connectivity index (χ0n) is 11.9. The molecule has 110 valence electrons. The lowest BCUT2D eigenvalue weighted by Gasteiger charge is -2.12. The van der Waals surface area contributed by atoms with Crippen LogP contribution < -0.4 is 15.4 Å². The first kappa shape index (κ1) is 14.5. The predicted molar refractivity (Wildman–Crippen MR) is 79.2 cm³/mol. The van der Waals surface area contributed by atoms with Gasteiger partial charge >= 0.3 is 5.69 Å². The van der Waals surface area contributed by atoms with Crippen LogP contribution in [0.25, 0.3) is 0 Å². The monoisotopic (exact) mass is 289 g/mol. The van der Waals surface area contributed by atoms with E-state index in [9.17, 15) is 10.1 Å². The van der Waals surface area contributed by atoms with E-state index in [1.807, 2.05) is 6.07 Å². The smallest absolute Gasteiger partial charge is 0.332 e. The molecule has 0 saturated carbocycles. The second-order valence-electron chi connectivity index (χ2n) is 4.16. The van der Waals surface area contributed by atoms with Gasteiger partial charge in [-0.05, 0) is 19.1 Å². The minimum absolute atomic E-state index is 0.112. The van der Waals surface area contributed by atoms with Crippen molar-refractivity contribution in [2.24, 2.45) is 0 Å². The van der Waals surface area contributed by atoms with Gasteiger partial charge in [0.25, 0.3) is 0 Å². The molecule has 1 aromatic carbocycles. The fraction of sp³-hybridized carbons (Fsp3) is 0.231. The molecule has 0 aliphatic heterocycles. The van der Waals surface area contributed by atoms with Gasteiger partial charge in [0.15, 0.2) is 0 Å². The van der Waals surface area contributed by atoms with Crippen molar-refractivity contribution in [2.75, 3.05) is 24.8 Å². The lowest BCUT2D eigenvalue weighted by molar-refractivity contribution is -0.385. The van der Waals surface area contributed by atoms with E-state index >= 15 is 0 Å². The van der Waals surface area contributed by atoms with Gasteiger partial charge in [0.1, 0.15) is 11.4 Å². The Balaban J connectivity index is 2.52. The molecule has 0 fully saturated rings. The molecule has 2 aromatic rings. The first-order valence-electron chi connectivity index (χ1n) is 6.17. The molecular formula is C13H15N5O3. The maximum Gasteiger partial charge on any atom is 0.332 e. The van der Waals surface area contributed by atoms with Crippen LogP contribution >= 0.6 is 0 Å². The Morgan fingerprint density at radius 1 is 1.29 bits per heavy atom. The van der Waals surface area contributed by atoms with E-state index in [0.717, 1.165) is 0 Å². The summed E-state index contributed by atoms with van der Waals surface area (Å²) in [7, 11) is 3.17. The van der Waals surface area contributed by atoms with Crippen LogP contribution in [0.5, 0.6) is 5.75 Å². The molecular weight excluding hydrogens is 274 g/mol. The van der Waals surface area contributed by atoms with E-state index < -0.39 is 4.92 Å². The van der Waals surface area contributed by atoms with Gasteiger partial charge < -0.3 is 15.4 Å². The van der Waals surface area contributed by atoms with Crippen molar-refractivity contribution in [1.29, 1.82) is 0 Å². The van der Waals surface area contributed by atoms with E-state index in [1.165, 1.54) is 7.11 Å². The maximum atomic E-state index is 11.2. The molecule has 8 heteroatoms. The van der Waals surface area contributed by atoms with Gasteiger partial charge in [0.05, 0.1) is 17.7 Å². The summed E-state index contributed by atoms with van der Waals surface area (Å²) in [6, 6.07) is 7.10. The zero-order chi connectivity index (χ0) is 15.4. The summed E-state index contributed by atoms with van der Waals surface area (Å²) in [6.45, 7) is 1.56. The number of anilines is 3. The zero-order valence-corrected chi connectivity index (χ0v) is 11.9. The van der Waals surface area contributed by atoms with Gasteiger partial charge in [0, 0.05) is 7.05 Å². The lowest BCUT2D eigenvalue weighted by Crippen LogP contribution is -2.07. The van der Waals surface area contributed by atoms with Gasteiger partial charge in [-0.25, -0.2) is 4.98 Å². The van der Waals surface area contributed by atoms with Crippen LogP contribution in [0.3, 0.4) is 0 Å². The molecule has 1 heterocycles. The summed E-state index contributed by atoms with van der Waals surface area (Å²) in [5, 5.41) is 16.9. The first-order valence-corrected chi connectivity index (χ1v) is 6.17. The summed E-state index contributed by atoms with van der Waals surface area (Å²) in [6.07, 6.45) is 0. The first-order chi connectivity index (χ1) is 10.1. The van der Waals surface area contributed by atoms with Gasteiger partial charge in [-0.15, -0.1) is 0 Å². The molecule has 1 aromatic heterocycles. The highest BCUT2D eigenvalue weighted by molar-refractivity contribution is 5.71. The minimum Gasteiger partial charge on any atom is -0.495 e. The largest absolute Gasteiger partial charge is 0.495 e. The second-order valence-corrected chi connectivity index (χ2v) is 4.16. The lowest BCUT2D eigenvalue weighted by atomic mass is 10.2. The summed E-state index contributed by atoms with van der Waals surface area (Å²) < 4.78 is 5.21. The Morgan fingerprint density at radius 2 is 2.00 bits per heavy atom. The van der Waals surface area contributed by atoms with Crippen molar-refractivity contribution in [3.05, 3.63) is 40.1 Å². The molecule has 0 spiro atoms. The fourth-order valence-electron chi connectivity index (χ4n) is 1.86. The third-order valence-corrected chi connectivity index (χ3v) is 2.82. The fourth-order valence-corrected chi connectivity index (χ4v) is 1.86. The van der Waals surface area contributed by atoms with Crippen molar-refractivity contribution in [2.45, 2.75) is 6.92 Å².